The molecule has 0 aliphatic heterocycles. The van der Waals surface area contributed by atoms with Crippen LogP contribution in [0.4, 0.5) is 0 Å². The number of unbranched alkanes of at least 4 members (excludes halogenated alkanes) is 1. The lowest BCUT2D eigenvalue weighted by atomic mass is 9.90. The zero-order valence-corrected chi connectivity index (χ0v) is 11.5. The van der Waals surface area contributed by atoms with Gasteiger partial charge in [-0.15, -0.1) is 19.6 Å². The van der Waals surface area contributed by atoms with Crippen molar-refractivity contribution in [2.24, 2.45) is 5.92 Å². The maximum atomic E-state index is 5.72. The van der Waals surface area contributed by atoms with Gasteiger partial charge < -0.3 is 0 Å². The number of hydrogen-bond acceptors (Lipinski definition) is 1. The van der Waals surface area contributed by atoms with Gasteiger partial charge in [0.15, 0.2) is 0 Å². The van der Waals surface area contributed by atoms with Gasteiger partial charge in [0.25, 0.3) is 0 Å². The lowest BCUT2D eigenvalue weighted by molar-refractivity contribution is 0.205. The molecule has 0 saturated carbocycles. The molecule has 1 nitrogen and oxygen atoms in total. The molecule has 0 aromatic rings. The van der Waals surface area contributed by atoms with Crippen LogP contribution < -0.4 is 0 Å². The third-order valence-corrected chi connectivity index (χ3v) is 3.19. The molecule has 0 rings (SSSR count). The van der Waals surface area contributed by atoms with Crippen molar-refractivity contribution < 1.29 is 0 Å². The first-order valence-corrected chi connectivity index (χ1v) is 6.67. The first kappa shape index (κ1) is 16.0. The Bertz CT molecular complexity index is 239. The summed E-state index contributed by atoms with van der Waals surface area (Å²) in [6.07, 6.45) is 14.4. The van der Waals surface area contributed by atoms with Crippen LogP contribution in [0.1, 0.15) is 39.5 Å². The van der Waals surface area contributed by atoms with Crippen LogP contribution in [0, 0.1) is 18.3 Å². The highest BCUT2D eigenvalue weighted by molar-refractivity contribution is 5.05. The lowest BCUT2D eigenvalue weighted by Crippen LogP contribution is -2.40. The van der Waals surface area contributed by atoms with E-state index in [-0.39, 0.29) is 6.04 Å². The third-order valence-electron chi connectivity index (χ3n) is 3.19. The third kappa shape index (κ3) is 5.75. The van der Waals surface area contributed by atoms with Crippen molar-refractivity contribution in [3.8, 4) is 12.3 Å². The summed E-state index contributed by atoms with van der Waals surface area (Å²) in [5, 5.41) is 0. The van der Waals surface area contributed by atoms with Gasteiger partial charge in [-0.2, -0.15) is 0 Å². The van der Waals surface area contributed by atoms with Gasteiger partial charge in [0.2, 0.25) is 0 Å². The van der Waals surface area contributed by atoms with E-state index in [9.17, 15) is 0 Å². The van der Waals surface area contributed by atoms with Gasteiger partial charge in [-0.1, -0.05) is 51.2 Å². The zero-order chi connectivity index (χ0) is 13.1. The molecule has 2 atom stereocenters. The fourth-order valence-corrected chi connectivity index (χ4v) is 2.22. The Kier molecular flexibility index (Phi) is 9.57. The zero-order valence-electron chi connectivity index (χ0n) is 11.5. The molecule has 0 heterocycles. The van der Waals surface area contributed by atoms with Crippen molar-refractivity contribution in [1.82, 2.24) is 4.90 Å². The van der Waals surface area contributed by atoms with Gasteiger partial charge in [0.05, 0.1) is 6.04 Å². The summed E-state index contributed by atoms with van der Waals surface area (Å²) in [7, 11) is 0. The average Bonchev–Trinajstić information content (AvgIpc) is 2.34. The molecule has 0 bridgehead atoms. The van der Waals surface area contributed by atoms with Crippen LogP contribution in [0.25, 0.3) is 0 Å². The molecule has 17 heavy (non-hydrogen) atoms. The van der Waals surface area contributed by atoms with E-state index in [0.717, 1.165) is 19.5 Å². The van der Waals surface area contributed by atoms with Crippen LogP contribution in [0.2, 0.25) is 0 Å². The van der Waals surface area contributed by atoms with E-state index < -0.39 is 0 Å². The van der Waals surface area contributed by atoms with E-state index in [1.54, 1.807) is 0 Å². The van der Waals surface area contributed by atoms with Crippen LogP contribution in [0.5, 0.6) is 0 Å². The van der Waals surface area contributed by atoms with E-state index in [2.05, 4.69) is 37.8 Å². The van der Waals surface area contributed by atoms with Gasteiger partial charge in [0.1, 0.15) is 0 Å². The summed E-state index contributed by atoms with van der Waals surface area (Å²) in [5.41, 5.74) is 0. The van der Waals surface area contributed by atoms with E-state index in [0.29, 0.717) is 5.92 Å². The van der Waals surface area contributed by atoms with Crippen LogP contribution in [-0.4, -0.2) is 24.0 Å². The maximum absolute atomic E-state index is 5.72. The number of rotatable bonds is 10. The maximum Gasteiger partial charge on any atom is 0.0745 e. The lowest BCUT2D eigenvalue weighted by Gasteiger charge is -2.32. The normalized spacial score (nSPS) is 14.0. The van der Waals surface area contributed by atoms with E-state index in [4.69, 9.17) is 6.42 Å². The van der Waals surface area contributed by atoms with Crippen molar-refractivity contribution in [2.75, 3.05) is 13.1 Å². The Balaban J connectivity index is 4.65. The largest absolute Gasteiger partial charge is 0.282 e. The fraction of sp³-hybridized carbons (Fsp3) is 0.625. The molecule has 0 aliphatic carbocycles. The molecule has 0 amide bonds. The topological polar surface area (TPSA) is 3.24 Å². The molecule has 0 aromatic carbocycles. The van der Waals surface area contributed by atoms with Crippen molar-refractivity contribution in [1.29, 1.82) is 0 Å². The van der Waals surface area contributed by atoms with Crippen molar-refractivity contribution >= 4 is 0 Å². The second kappa shape index (κ2) is 10.2. The number of hydrogen-bond donors (Lipinski definition) is 0. The molecule has 0 N–H and O–H groups in total. The summed E-state index contributed by atoms with van der Waals surface area (Å²) >= 11 is 0. The van der Waals surface area contributed by atoms with Crippen LogP contribution in [0.3, 0.4) is 0 Å². The Morgan fingerprint density at radius 3 is 2.18 bits per heavy atom. The minimum Gasteiger partial charge on any atom is -0.282 e. The second-order valence-electron chi connectivity index (χ2n) is 4.45. The molecule has 96 valence electrons. The second-order valence-corrected chi connectivity index (χ2v) is 4.45. The average molecular weight is 233 g/mol. The highest BCUT2D eigenvalue weighted by atomic mass is 15.1. The molecule has 0 fully saturated rings. The summed E-state index contributed by atoms with van der Waals surface area (Å²) in [5.74, 6) is 3.55. The highest BCUT2D eigenvalue weighted by Crippen LogP contribution is 2.21. The van der Waals surface area contributed by atoms with Crippen molar-refractivity contribution in [3.05, 3.63) is 25.3 Å². The molecule has 0 radical (unpaired) electrons. The highest BCUT2D eigenvalue weighted by Gasteiger charge is 2.22. The van der Waals surface area contributed by atoms with E-state index >= 15 is 0 Å². The molecular formula is C16H27N. The molecule has 1 heteroatoms. The Morgan fingerprint density at radius 1 is 1.24 bits per heavy atom. The van der Waals surface area contributed by atoms with Crippen molar-refractivity contribution in [3.63, 3.8) is 0 Å². The molecule has 0 aromatic heterocycles. The predicted molar refractivity (Wildman–Crippen MR) is 77.9 cm³/mol. The van der Waals surface area contributed by atoms with Gasteiger partial charge in [0, 0.05) is 13.1 Å². The minimum atomic E-state index is 0.211. The van der Waals surface area contributed by atoms with Crippen LogP contribution in [0.15, 0.2) is 25.3 Å². The van der Waals surface area contributed by atoms with Crippen molar-refractivity contribution in [2.45, 2.75) is 45.6 Å². The van der Waals surface area contributed by atoms with Gasteiger partial charge in [-0.25, -0.2) is 0 Å². The first-order chi connectivity index (χ1) is 8.24. The molecule has 0 spiro atoms. The smallest absolute Gasteiger partial charge is 0.0745 e. The Hall–Kier alpha value is -1.00. The van der Waals surface area contributed by atoms with Gasteiger partial charge in [-0.3, -0.25) is 4.90 Å². The summed E-state index contributed by atoms with van der Waals surface area (Å²) in [6.45, 7) is 13.7. The van der Waals surface area contributed by atoms with E-state index in [1.165, 1.54) is 19.3 Å². The molecule has 2 unspecified atom stereocenters. The SMILES string of the molecule is C#CC(C(CC)CCCC)N(CC=C)CC=C. The Labute approximate surface area is 108 Å². The van der Waals surface area contributed by atoms with Gasteiger partial charge >= 0.3 is 0 Å². The molecule has 0 saturated heterocycles. The number of nitrogens with zero attached hydrogens (tertiary/aromatic N) is 1. The summed E-state index contributed by atoms with van der Waals surface area (Å²) in [4.78, 5) is 2.28. The summed E-state index contributed by atoms with van der Waals surface area (Å²) < 4.78 is 0. The van der Waals surface area contributed by atoms with Crippen LogP contribution >= 0.6 is 0 Å². The summed E-state index contributed by atoms with van der Waals surface area (Å²) in [6, 6.07) is 0.211. The predicted octanol–water partition coefficient (Wildman–Crippen LogP) is 3.88. The molecular weight excluding hydrogens is 206 g/mol. The number of terminal acetylenes is 1. The molecule has 0 aliphatic rings. The monoisotopic (exact) mass is 233 g/mol. The first-order valence-electron chi connectivity index (χ1n) is 6.67. The minimum absolute atomic E-state index is 0.211. The van der Waals surface area contributed by atoms with Crippen LogP contribution in [-0.2, 0) is 0 Å². The Morgan fingerprint density at radius 2 is 1.82 bits per heavy atom. The van der Waals surface area contributed by atoms with E-state index in [1.807, 2.05) is 12.2 Å². The fourth-order valence-electron chi connectivity index (χ4n) is 2.22. The quantitative estimate of drug-likeness (QED) is 0.409. The van der Waals surface area contributed by atoms with Gasteiger partial charge in [-0.05, 0) is 12.3 Å². The standard InChI is InChI=1S/C16H27N/c1-6-11-12-15(9-4)16(10-5)17(13-7-2)14-8-3/h5,7-8,15-16H,2-3,6,9,11-14H2,1,4H3.